The minimum atomic E-state index is -0.934. The number of carbonyl (C=O) groups is 1. The molecule has 0 saturated heterocycles. The van der Waals surface area contributed by atoms with Crippen LogP contribution in [0.4, 0.5) is 14.5 Å². The molecule has 96 valence electrons. The number of hydrogen-bond donors (Lipinski definition) is 1. The first kappa shape index (κ1) is 13.9. The summed E-state index contributed by atoms with van der Waals surface area (Å²) in [6.07, 6.45) is 0.131. The van der Waals surface area contributed by atoms with Crippen LogP contribution in [0.3, 0.4) is 0 Å². The molecule has 0 atom stereocenters. The topological polar surface area (TPSA) is 70.1 Å². The number of anilines is 1. The lowest BCUT2D eigenvalue weighted by molar-refractivity contribution is 0.0762. The van der Waals surface area contributed by atoms with Crippen LogP contribution in [0.1, 0.15) is 23.7 Å². The van der Waals surface area contributed by atoms with Gasteiger partial charge in [-0.15, -0.1) is 0 Å². The molecule has 0 radical (unpaired) electrons. The zero-order valence-electron chi connectivity index (χ0n) is 9.91. The van der Waals surface area contributed by atoms with E-state index in [1.165, 1.54) is 4.90 Å². The van der Waals surface area contributed by atoms with Crippen molar-refractivity contribution in [2.75, 3.05) is 18.8 Å². The molecule has 0 bridgehead atoms. The Labute approximate surface area is 104 Å². The monoisotopic (exact) mass is 253 g/mol. The fraction of sp³-hybridized carbons (Fsp3) is 0.333. The van der Waals surface area contributed by atoms with E-state index < -0.39 is 28.8 Å². The van der Waals surface area contributed by atoms with Gasteiger partial charge in [-0.25, -0.2) is 8.78 Å². The van der Waals surface area contributed by atoms with E-state index in [-0.39, 0.29) is 13.0 Å². The van der Waals surface area contributed by atoms with E-state index in [4.69, 9.17) is 11.0 Å². The average molecular weight is 253 g/mol. The first-order valence-electron chi connectivity index (χ1n) is 5.42. The molecule has 0 unspecified atom stereocenters. The van der Waals surface area contributed by atoms with Gasteiger partial charge in [-0.2, -0.15) is 5.26 Å². The Bertz CT molecular complexity index is 497. The molecule has 0 saturated carbocycles. The van der Waals surface area contributed by atoms with Gasteiger partial charge in [0.05, 0.1) is 23.7 Å². The van der Waals surface area contributed by atoms with Crippen molar-refractivity contribution in [2.45, 2.75) is 13.3 Å². The second-order valence-electron chi connectivity index (χ2n) is 3.65. The third-order valence-electron chi connectivity index (χ3n) is 2.46. The molecule has 2 N–H and O–H groups in total. The number of hydrogen-bond acceptors (Lipinski definition) is 3. The summed E-state index contributed by atoms with van der Waals surface area (Å²) in [6.45, 7) is 2.16. The van der Waals surface area contributed by atoms with E-state index >= 15 is 0 Å². The molecular weight excluding hydrogens is 240 g/mol. The van der Waals surface area contributed by atoms with E-state index in [9.17, 15) is 13.6 Å². The molecule has 1 rings (SSSR count). The molecule has 0 fully saturated rings. The summed E-state index contributed by atoms with van der Waals surface area (Å²) < 4.78 is 26.8. The fourth-order valence-electron chi connectivity index (χ4n) is 1.52. The highest BCUT2D eigenvalue weighted by Gasteiger charge is 2.20. The van der Waals surface area contributed by atoms with Crippen molar-refractivity contribution < 1.29 is 13.6 Å². The van der Waals surface area contributed by atoms with Crippen LogP contribution >= 0.6 is 0 Å². The smallest absolute Gasteiger partial charge is 0.257 e. The molecule has 1 aromatic rings. The summed E-state index contributed by atoms with van der Waals surface area (Å²) in [5.74, 6) is -2.37. The number of amides is 1. The summed E-state index contributed by atoms with van der Waals surface area (Å²) in [5, 5.41) is 8.46. The van der Waals surface area contributed by atoms with Crippen molar-refractivity contribution in [1.82, 2.24) is 4.90 Å². The normalized spacial score (nSPS) is 9.89. The summed E-state index contributed by atoms with van der Waals surface area (Å²) in [6, 6.07) is 3.52. The van der Waals surface area contributed by atoms with Crippen LogP contribution in [0.2, 0.25) is 0 Å². The zero-order valence-corrected chi connectivity index (χ0v) is 9.91. The minimum absolute atomic E-state index is 0.131. The van der Waals surface area contributed by atoms with Crippen LogP contribution < -0.4 is 5.73 Å². The molecule has 0 spiro atoms. The maximum absolute atomic E-state index is 13.6. The number of nitrogens with two attached hydrogens (primary N) is 1. The fourth-order valence-corrected chi connectivity index (χ4v) is 1.52. The standard InChI is InChI=1S/C12H13F2N3O/c1-2-17(5-3-4-15)12(18)9-6-8(13)7-10(16)11(9)14/h6-7H,2-3,5,16H2,1H3. The first-order valence-corrected chi connectivity index (χ1v) is 5.42. The molecule has 1 amide bonds. The van der Waals surface area contributed by atoms with E-state index in [0.29, 0.717) is 6.54 Å². The number of rotatable bonds is 4. The van der Waals surface area contributed by atoms with Crippen molar-refractivity contribution in [3.63, 3.8) is 0 Å². The predicted molar refractivity (Wildman–Crippen MR) is 62.6 cm³/mol. The van der Waals surface area contributed by atoms with Gasteiger partial charge in [0.15, 0.2) is 5.82 Å². The number of halogens is 2. The molecule has 1 aromatic carbocycles. The number of benzene rings is 1. The number of nitrogen functional groups attached to an aromatic ring is 1. The second kappa shape index (κ2) is 5.96. The quantitative estimate of drug-likeness (QED) is 0.833. The summed E-state index contributed by atoms with van der Waals surface area (Å²) >= 11 is 0. The Kier molecular flexibility index (Phi) is 4.60. The Morgan fingerprint density at radius 1 is 1.50 bits per heavy atom. The molecule has 0 aliphatic carbocycles. The summed E-state index contributed by atoms with van der Waals surface area (Å²) in [4.78, 5) is 13.2. The Balaban J connectivity index is 3.06. The molecule has 18 heavy (non-hydrogen) atoms. The molecule has 6 heteroatoms. The van der Waals surface area contributed by atoms with Crippen LogP contribution in [0.5, 0.6) is 0 Å². The first-order chi connectivity index (χ1) is 8.51. The van der Waals surface area contributed by atoms with Crippen molar-refractivity contribution in [3.8, 4) is 6.07 Å². The van der Waals surface area contributed by atoms with Gasteiger partial charge in [0.2, 0.25) is 0 Å². The van der Waals surface area contributed by atoms with Crippen LogP contribution in [-0.4, -0.2) is 23.9 Å². The molecule has 0 heterocycles. The van der Waals surface area contributed by atoms with E-state index in [2.05, 4.69) is 0 Å². The van der Waals surface area contributed by atoms with E-state index in [0.717, 1.165) is 12.1 Å². The largest absolute Gasteiger partial charge is 0.396 e. The second-order valence-corrected chi connectivity index (χ2v) is 3.65. The van der Waals surface area contributed by atoms with Crippen molar-refractivity contribution in [2.24, 2.45) is 0 Å². The maximum atomic E-state index is 13.6. The highest BCUT2D eigenvalue weighted by atomic mass is 19.1. The summed E-state index contributed by atoms with van der Waals surface area (Å²) in [7, 11) is 0. The third-order valence-corrected chi connectivity index (χ3v) is 2.46. The number of nitrogens with zero attached hydrogens (tertiary/aromatic N) is 2. The Hall–Kier alpha value is -2.16. The lowest BCUT2D eigenvalue weighted by atomic mass is 10.1. The molecule has 4 nitrogen and oxygen atoms in total. The highest BCUT2D eigenvalue weighted by Crippen LogP contribution is 2.19. The van der Waals surface area contributed by atoms with Crippen LogP contribution in [0, 0.1) is 23.0 Å². The van der Waals surface area contributed by atoms with E-state index in [1.54, 1.807) is 6.92 Å². The number of nitriles is 1. The molecular formula is C12H13F2N3O. The lowest BCUT2D eigenvalue weighted by Gasteiger charge is -2.20. The number of carbonyl (C=O) groups excluding carboxylic acids is 1. The highest BCUT2D eigenvalue weighted by molar-refractivity contribution is 5.95. The van der Waals surface area contributed by atoms with Gasteiger partial charge < -0.3 is 10.6 Å². The maximum Gasteiger partial charge on any atom is 0.257 e. The SMILES string of the molecule is CCN(CCC#N)C(=O)c1cc(F)cc(N)c1F. The molecule has 0 aromatic heterocycles. The lowest BCUT2D eigenvalue weighted by Crippen LogP contribution is -2.32. The van der Waals surface area contributed by atoms with Crippen molar-refractivity contribution in [3.05, 3.63) is 29.3 Å². The van der Waals surface area contributed by atoms with Crippen LogP contribution in [0.25, 0.3) is 0 Å². The average Bonchev–Trinajstić information content (AvgIpc) is 2.34. The van der Waals surface area contributed by atoms with E-state index in [1.807, 2.05) is 6.07 Å². The van der Waals surface area contributed by atoms with Gasteiger partial charge in [-0.3, -0.25) is 4.79 Å². The third kappa shape index (κ3) is 2.94. The van der Waals surface area contributed by atoms with Gasteiger partial charge in [0, 0.05) is 13.1 Å². The Morgan fingerprint density at radius 2 is 2.17 bits per heavy atom. The predicted octanol–water partition coefficient (Wildman–Crippen LogP) is 1.92. The van der Waals surface area contributed by atoms with Gasteiger partial charge in [0.1, 0.15) is 5.82 Å². The van der Waals surface area contributed by atoms with Gasteiger partial charge >= 0.3 is 0 Å². The van der Waals surface area contributed by atoms with Crippen molar-refractivity contribution >= 4 is 11.6 Å². The zero-order chi connectivity index (χ0) is 13.7. The molecule has 0 aliphatic rings. The van der Waals surface area contributed by atoms with Crippen LogP contribution in [-0.2, 0) is 0 Å². The van der Waals surface area contributed by atoms with Gasteiger partial charge in [0.25, 0.3) is 5.91 Å². The Morgan fingerprint density at radius 3 is 2.72 bits per heavy atom. The minimum Gasteiger partial charge on any atom is -0.396 e. The van der Waals surface area contributed by atoms with Crippen molar-refractivity contribution in [1.29, 1.82) is 5.26 Å². The van der Waals surface area contributed by atoms with Gasteiger partial charge in [-0.1, -0.05) is 0 Å². The summed E-state index contributed by atoms with van der Waals surface area (Å²) in [5.41, 5.74) is 4.45. The van der Waals surface area contributed by atoms with Crippen LogP contribution in [0.15, 0.2) is 12.1 Å². The van der Waals surface area contributed by atoms with Gasteiger partial charge in [-0.05, 0) is 19.1 Å². The molecule has 0 aliphatic heterocycles.